The molecule has 2 aromatic heterocycles. The van der Waals surface area contributed by atoms with E-state index in [0.29, 0.717) is 5.69 Å². The van der Waals surface area contributed by atoms with Crippen molar-refractivity contribution in [2.24, 2.45) is 0 Å². The Morgan fingerprint density at radius 2 is 1.00 bits per heavy atom. The van der Waals surface area contributed by atoms with Crippen LogP contribution in [0.4, 0.5) is 5.69 Å². The van der Waals surface area contributed by atoms with Gasteiger partial charge in [0, 0.05) is 36.4 Å². The molecule has 0 spiro atoms. The van der Waals surface area contributed by atoms with Gasteiger partial charge >= 0.3 is 0 Å². The van der Waals surface area contributed by atoms with E-state index in [1.54, 1.807) is 0 Å². The average Bonchev–Trinajstić information content (AvgIpc) is 2.75. The van der Waals surface area contributed by atoms with Gasteiger partial charge in [-0.3, -0.25) is 0 Å². The number of aryl methyl sites for hydroxylation is 1. The molecule has 0 bridgehead atoms. The molecule has 2 aromatic carbocycles. The van der Waals surface area contributed by atoms with E-state index in [-0.39, 0.29) is 0 Å². The van der Waals surface area contributed by atoms with Gasteiger partial charge in [0.1, 0.15) is 0 Å². The van der Waals surface area contributed by atoms with E-state index in [9.17, 15) is 0 Å². The molecule has 0 aliphatic heterocycles. The van der Waals surface area contributed by atoms with Crippen LogP contribution in [0.5, 0.6) is 0 Å². The largest absolute Gasteiger partial charge is 0.238 e. The van der Waals surface area contributed by atoms with Gasteiger partial charge in [0.25, 0.3) is 0 Å². The fourth-order valence-corrected chi connectivity index (χ4v) is 3.00. The first-order chi connectivity index (χ1) is 13.2. The van der Waals surface area contributed by atoms with E-state index in [0.717, 1.165) is 11.4 Å². The zero-order valence-corrected chi connectivity index (χ0v) is 15.1. The normalized spacial score (nSPS) is 10.4. The Labute approximate surface area is 159 Å². The third-order valence-corrected chi connectivity index (χ3v) is 4.60. The maximum atomic E-state index is 7.04. The lowest BCUT2D eigenvalue weighted by molar-refractivity contribution is -0.596. The lowest BCUT2D eigenvalue weighted by Crippen LogP contribution is -2.29. The molecule has 0 aliphatic carbocycles. The molecule has 0 atom stereocenters. The first-order valence-electron chi connectivity index (χ1n) is 8.81. The number of hydrogen-bond donors (Lipinski definition) is 0. The number of aromatic nitrogens is 2. The topological polar surface area (TPSA) is 12.1 Å². The van der Waals surface area contributed by atoms with Crippen LogP contribution in [0.25, 0.3) is 27.3 Å². The first-order valence-corrected chi connectivity index (χ1v) is 8.81. The molecule has 0 N–H and O–H groups in total. The summed E-state index contributed by atoms with van der Waals surface area (Å²) >= 11 is 0. The predicted molar refractivity (Wildman–Crippen MR) is 106 cm³/mol. The second-order valence-electron chi connectivity index (χ2n) is 6.45. The van der Waals surface area contributed by atoms with Gasteiger partial charge in [-0.15, -0.1) is 0 Å². The minimum atomic E-state index is 0.655. The van der Waals surface area contributed by atoms with Crippen molar-refractivity contribution in [2.45, 2.75) is 6.92 Å². The third kappa shape index (κ3) is 3.61. The van der Waals surface area contributed by atoms with Crippen LogP contribution in [0.3, 0.4) is 0 Å². The molecule has 0 saturated heterocycles. The molecule has 3 nitrogen and oxygen atoms in total. The summed E-state index contributed by atoms with van der Waals surface area (Å²) in [4.78, 5) is 3.43. The zero-order valence-electron chi connectivity index (χ0n) is 15.1. The summed E-state index contributed by atoms with van der Waals surface area (Å²) in [7, 11) is 0. The summed E-state index contributed by atoms with van der Waals surface area (Å²) in [6.45, 7) is 9.13. The van der Waals surface area contributed by atoms with E-state index in [4.69, 9.17) is 6.57 Å². The van der Waals surface area contributed by atoms with E-state index < -0.39 is 0 Å². The summed E-state index contributed by atoms with van der Waals surface area (Å²) in [6.07, 6.45) is 8.26. The van der Waals surface area contributed by atoms with Crippen LogP contribution in [0.15, 0.2) is 97.6 Å². The lowest BCUT2D eigenvalue weighted by atomic mass is 10.1. The summed E-state index contributed by atoms with van der Waals surface area (Å²) in [5.41, 5.74) is 6.45. The van der Waals surface area contributed by atoms with Gasteiger partial charge in [0.15, 0.2) is 30.5 Å². The quantitative estimate of drug-likeness (QED) is 0.373. The Hall–Kier alpha value is -3.77. The molecule has 4 aromatic rings. The van der Waals surface area contributed by atoms with Crippen molar-refractivity contribution in [2.75, 3.05) is 0 Å². The van der Waals surface area contributed by atoms with Gasteiger partial charge in [0.2, 0.25) is 11.4 Å². The van der Waals surface area contributed by atoms with E-state index in [1.807, 2.05) is 41.2 Å². The average molecular weight is 349 g/mol. The van der Waals surface area contributed by atoms with Crippen molar-refractivity contribution >= 4 is 5.69 Å². The van der Waals surface area contributed by atoms with Crippen LogP contribution < -0.4 is 9.13 Å². The van der Waals surface area contributed by atoms with E-state index >= 15 is 0 Å². The Morgan fingerprint density at radius 1 is 0.593 bits per heavy atom. The second kappa shape index (κ2) is 7.23. The molecule has 0 radical (unpaired) electrons. The highest BCUT2D eigenvalue weighted by atomic mass is 14.9. The van der Waals surface area contributed by atoms with Crippen molar-refractivity contribution in [3.05, 3.63) is 115 Å². The molecule has 3 heteroatoms. The summed E-state index contributed by atoms with van der Waals surface area (Å²) in [6, 6.07) is 24.6. The smallest absolute Gasteiger partial charge is 0.210 e. The molecule has 0 saturated carbocycles. The minimum absolute atomic E-state index is 0.655. The number of pyridine rings is 2. The number of rotatable bonds is 3. The fraction of sp³-hybridized carbons (Fsp3) is 0.0417. The molecule has 0 fully saturated rings. The predicted octanol–water partition coefficient (Wildman–Crippen LogP) is 4.77. The Balaban J connectivity index is 1.56. The van der Waals surface area contributed by atoms with Gasteiger partial charge in [-0.25, -0.2) is 4.85 Å². The number of nitrogens with zero attached hydrogens (tertiary/aromatic N) is 3. The number of hydrogen-bond acceptors (Lipinski definition) is 0. The van der Waals surface area contributed by atoms with Crippen LogP contribution in [0.2, 0.25) is 0 Å². The summed E-state index contributed by atoms with van der Waals surface area (Å²) in [5.74, 6) is 0. The molecule has 0 unspecified atom stereocenters. The summed E-state index contributed by atoms with van der Waals surface area (Å²) in [5, 5.41) is 0. The standard InChI is InChI=1S/C24H19N3/c1-19-3-7-23(8-4-19)26-15-11-20(12-16-26)21-13-17-27(18-14-21)24-9-5-22(25-2)6-10-24/h3-18H,1H3/q+2. The van der Waals surface area contributed by atoms with Crippen LogP contribution in [0, 0.1) is 13.5 Å². The molecular weight excluding hydrogens is 330 g/mol. The molecule has 128 valence electrons. The zero-order chi connectivity index (χ0) is 18.6. The Morgan fingerprint density at radius 3 is 1.41 bits per heavy atom. The second-order valence-corrected chi connectivity index (χ2v) is 6.45. The molecule has 0 aliphatic rings. The highest BCUT2D eigenvalue weighted by molar-refractivity contribution is 5.61. The maximum Gasteiger partial charge on any atom is 0.210 e. The molecule has 4 rings (SSSR count). The molecule has 2 heterocycles. The highest BCUT2D eigenvalue weighted by Gasteiger charge is 2.09. The SMILES string of the molecule is [C-]#[N+]c1ccc(-[n+]2ccc(-c3cc[n+](-c4ccc(C)cc4)cc3)cc2)cc1. The summed E-state index contributed by atoms with van der Waals surface area (Å²) < 4.78 is 4.16. The fourth-order valence-electron chi connectivity index (χ4n) is 3.00. The number of benzene rings is 2. The highest BCUT2D eigenvalue weighted by Crippen LogP contribution is 2.17. The molecule has 27 heavy (non-hydrogen) atoms. The van der Waals surface area contributed by atoms with E-state index in [2.05, 4.69) is 77.3 Å². The van der Waals surface area contributed by atoms with Crippen LogP contribution in [-0.2, 0) is 0 Å². The maximum absolute atomic E-state index is 7.04. The molecular formula is C24H19N3+2. The van der Waals surface area contributed by atoms with Crippen molar-refractivity contribution < 1.29 is 9.13 Å². The van der Waals surface area contributed by atoms with Crippen LogP contribution in [0.1, 0.15) is 5.56 Å². The van der Waals surface area contributed by atoms with Crippen LogP contribution >= 0.6 is 0 Å². The van der Waals surface area contributed by atoms with Crippen molar-refractivity contribution in [3.63, 3.8) is 0 Å². The van der Waals surface area contributed by atoms with Gasteiger partial charge in [0.05, 0.1) is 6.57 Å². The lowest BCUT2D eigenvalue weighted by Gasteiger charge is -2.02. The van der Waals surface area contributed by atoms with Crippen molar-refractivity contribution in [3.8, 4) is 22.5 Å². The van der Waals surface area contributed by atoms with Gasteiger partial charge in [-0.05, 0) is 42.3 Å². The first kappa shape index (κ1) is 16.7. The van der Waals surface area contributed by atoms with Gasteiger partial charge in [-0.1, -0.05) is 17.7 Å². The third-order valence-electron chi connectivity index (χ3n) is 4.60. The van der Waals surface area contributed by atoms with Gasteiger partial charge in [-0.2, -0.15) is 9.13 Å². The molecule has 0 amide bonds. The van der Waals surface area contributed by atoms with Crippen molar-refractivity contribution in [1.29, 1.82) is 0 Å². The van der Waals surface area contributed by atoms with Crippen LogP contribution in [-0.4, -0.2) is 0 Å². The Bertz CT molecular complexity index is 1090. The van der Waals surface area contributed by atoms with Crippen molar-refractivity contribution in [1.82, 2.24) is 0 Å². The van der Waals surface area contributed by atoms with E-state index in [1.165, 1.54) is 16.7 Å². The minimum Gasteiger partial charge on any atom is -0.238 e. The Kier molecular flexibility index (Phi) is 4.47. The monoisotopic (exact) mass is 349 g/mol. The van der Waals surface area contributed by atoms with Gasteiger partial charge < -0.3 is 0 Å².